The highest BCUT2D eigenvalue weighted by molar-refractivity contribution is 7.12. The summed E-state index contributed by atoms with van der Waals surface area (Å²) in [5.41, 5.74) is 1.45. The monoisotopic (exact) mass is 477 g/mol. The molecule has 0 bridgehead atoms. The number of aromatic amines is 1. The van der Waals surface area contributed by atoms with Crippen LogP contribution in [0.2, 0.25) is 5.02 Å². The molecule has 6 nitrogen and oxygen atoms in total. The van der Waals surface area contributed by atoms with Crippen molar-refractivity contribution in [1.82, 2.24) is 14.8 Å². The van der Waals surface area contributed by atoms with Crippen molar-refractivity contribution in [2.75, 3.05) is 0 Å². The summed E-state index contributed by atoms with van der Waals surface area (Å²) in [5.74, 6) is 0. The van der Waals surface area contributed by atoms with Crippen LogP contribution < -0.4 is 5.56 Å². The maximum Gasteiger partial charge on any atom is 0.416 e. The van der Waals surface area contributed by atoms with Gasteiger partial charge in [-0.3, -0.25) is 9.89 Å². The topological polar surface area (TPSA) is 75.4 Å². The van der Waals surface area contributed by atoms with Crippen LogP contribution in [-0.2, 0) is 6.18 Å². The van der Waals surface area contributed by atoms with Crippen molar-refractivity contribution >= 4 is 34.3 Å². The van der Waals surface area contributed by atoms with E-state index >= 15 is 0 Å². The SMILES string of the molecule is Cc1ccc(-c2csc(-n3[nH]c(C)c(N=Nc4cc(C(F)(F)F)ccc4Cl)c3=O)n2)cc1. The van der Waals surface area contributed by atoms with Crippen LogP contribution in [0.15, 0.2) is 62.9 Å². The first kappa shape index (κ1) is 22.0. The summed E-state index contributed by atoms with van der Waals surface area (Å²) in [7, 11) is 0. The number of nitrogens with one attached hydrogen (secondary N) is 1. The first-order valence-corrected chi connectivity index (χ1v) is 10.5. The van der Waals surface area contributed by atoms with Crippen molar-refractivity contribution in [3.63, 3.8) is 0 Å². The minimum absolute atomic E-state index is 0.0158. The fraction of sp³-hybridized carbons (Fsp3) is 0.143. The second-order valence-electron chi connectivity index (χ2n) is 6.97. The predicted octanol–water partition coefficient (Wildman–Crippen LogP) is 6.99. The van der Waals surface area contributed by atoms with E-state index in [2.05, 4.69) is 20.3 Å². The van der Waals surface area contributed by atoms with Crippen LogP contribution in [0.25, 0.3) is 16.4 Å². The van der Waals surface area contributed by atoms with Crippen molar-refractivity contribution in [3.8, 4) is 16.4 Å². The fourth-order valence-corrected chi connectivity index (χ4v) is 3.83. The lowest BCUT2D eigenvalue weighted by molar-refractivity contribution is -0.137. The van der Waals surface area contributed by atoms with Gasteiger partial charge in [0.1, 0.15) is 5.69 Å². The molecule has 0 spiro atoms. The smallest absolute Gasteiger partial charge is 0.291 e. The van der Waals surface area contributed by atoms with Crippen molar-refractivity contribution in [2.24, 2.45) is 10.2 Å². The van der Waals surface area contributed by atoms with Crippen LogP contribution in [-0.4, -0.2) is 14.8 Å². The number of thiazole rings is 1. The van der Waals surface area contributed by atoms with E-state index in [1.165, 1.54) is 16.0 Å². The van der Waals surface area contributed by atoms with E-state index in [1.54, 1.807) is 6.92 Å². The van der Waals surface area contributed by atoms with Crippen LogP contribution in [0.4, 0.5) is 24.5 Å². The average molecular weight is 478 g/mol. The molecule has 0 aliphatic rings. The molecule has 1 N–H and O–H groups in total. The van der Waals surface area contributed by atoms with E-state index in [0.29, 0.717) is 16.5 Å². The Kier molecular flexibility index (Phi) is 5.74. The van der Waals surface area contributed by atoms with E-state index in [-0.39, 0.29) is 16.4 Å². The molecule has 11 heteroatoms. The number of hydrogen-bond acceptors (Lipinski definition) is 5. The number of rotatable bonds is 4. The van der Waals surface area contributed by atoms with Gasteiger partial charge in [-0.05, 0) is 32.0 Å². The second-order valence-corrected chi connectivity index (χ2v) is 8.22. The molecule has 4 rings (SSSR count). The lowest BCUT2D eigenvalue weighted by Gasteiger charge is -2.07. The maximum atomic E-state index is 12.9. The Morgan fingerprint density at radius 2 is 1.81 bits per heavy atom. The molecule has 4 aromatic rings. The zero-order valence-electron chi connectivity index (χ0n) is 16.7. The molecule has 2 aromatic carbocycles. The van der Waals surface area contributed by atoms with Crippen LogP contribution in [0, 0.1) is 13.8 Å². The quantitative estimate of drug-likeness (QED) is 0.321. The summed E-state index contributed by atoms with van der Waals surface area (Å²) in [6.07, 6.45) is -4.55. The van der Waals surface area contributed by atoms with Gasteiger partial charge in [-0.25, -0.2) is 4.98 Å². The third kappa shape index (κ3) is 4.37. The molecule has 32 heavy (non-hydrogen) atoms. The number of azo groups is 1. The number of alkyl halides is 3. The van der Waals surface area contributed by atoms with Gasteiger partial charge >= 0.3 is 11.7 Å². The Morgan fingerprint density at radius 1 is 1.09 bits per heavy atom. The van der Waals surface area contributed by atoms with Gasteiger partial charge in [-0.1, -0.05) is 41.4 Å². The van der Waals surface area contributed by atoms with Gasteiger partial charge in [-0.15, -0.1) is 21.6 Å². The molecule has 0 saturated carbocycles. The molecule has 0 saturated heterocycles. The normalized spacial score (nSPS) is 12.1. The van der Waals surface area contributed by atoms with Crippen LogP contribution >= 0.6 is 22.9 Å². The standard InChI is InChI=1S/C21H15ClF3N5OS/c1-11-3-5-13(6-4-11)17-10-32-20(26-17)30-19(31)18(12(2)29-30)28-27-16-9-14(21(23,24)25)7-8-15(16)22/h3-10,29H,1-2H3. The molecular weight excluding hydrogens is 463 g/mol. The number of H-pyrrole nitrogens is 1. The minimum Gasteiger partial charge on any atom is -0.291 e. The third-order valence-electron chi connectivity index (χ3n) is 4.60. The number of hydrogen-bond donors (Lipinski definition) is 1. The van der Waals surface area contributed by atoms with Gasteiger partial charge in [0.15, 0.2) is 5.69 Å². The molecular formula is C21H15ClF3N5OS. The van der Waals surface area contributed by atoms with E-state index in [9.17, 15) is 18.0 Å². The van der Waals surface area contributed by atoms with E-state index in [0.717, 1.165) is 29.3 Å². The summed E-state index contributed by atoms with van der Waals surface area (Å²) in [6, 6.07) is 10.5. The van der Waals surface area contributed by atoms with E-state index in [1.807, 2.05) is 36.6 Å². The molecule has 0 radical (unpaired) electrons. The van der Waals surface area contributed by atoms with Gasteiger partial charge in [0, 0.05) is 10.9 Å². The van der Waals surface area contributed by atoms with Gasteiger partial charge in [0.2, 0.25) is 5.13 Å². The Balaban J connectivity index is 1.66. The maximum absolute atomic E-state index is 12.9. The van der Waals surface area contributed by atoms with E-state index in [4.69, 9.17) is 11.6 Å². The van der Waals surface area contributed by atoms with Crippen LogP contribution in [0.1, 0.15) is 16.8 Å². The van der Waals surface area contributed by atoms with Crippen LogP contribution in [0.3, 0.4) is 0 Å². The van der Waals surface area contributed by atoms with Crippen molar-refractivity contribution in [2.45, 2.75) is 20.0 Å². The molecule has 0 aliphatic carbocycles. The zero-order chi connectivity index (χ0) is 23.0. The lowest BCUT2D eigenvalue weighted by atomic mass is 10.1. The van der Waals surface area contributed by atoms with Crippen molar-refractivity contribution < 1.29 is 13.2 Å². The number of aromatic nitrogens is 3. The average Bonchev–Trinajstić information content (AvgIpc) is 3.32. The fourth-order valence-electron chi connectivity index (χ4n) is 2.88. The number of nitrogens with zero attached hydrogens (tertiary/aromatic N) is 4. The molecule has 2 heterocycles. The van der Waals surface area contributed by atoms with Crippen LogP contribution in [0.5, 0.6) is 0 Å². The van der Waals surface area contributed by atoms with Gasteiger partial charge in [0.25, 0.3) is 0 Å². The van der Waals surface area contributed by atoms with Gasteiger partial charge in [0.05, 0.1) is 22.0 Å². The van der Waals surface area contributed by atoms with Crippen molar-refractivity contribution in [1.29, 1.82) is 0 Å². The summed E-state index contributed by atoms with van der Waals surface area (Å²) in [6.45, 7) is 3.59. The highest BCUT2D eigenvalue weighted by atomic mass is 35.5. The summed E-state index contributed by atoms with van der Waals surface area (Å²) in [4.78, 5) is 17.3. The predicted molar refractivity (Wildman–Crippen MR) is 118 cm³/mol. The second kappa shape index (κ2) is 8.36. The zero-order valence-corrected chi connectivity index (χ0v) is 18.3. The third-order valence-corrected chi connectivity index (χ3v) is 5.75. The molecule has 164 valence electrons. The Labute approximate surface area is 189 Å². The molecule has 0 amide bonds. The first-order valence-electron chi connectivity index (χ1n) is 9.26. The highest BCUT2D eigenvalue weighted by Crippen LogP contribution is 2.35. The number of halogens is 4. The Bertz CT molecular complexity index is 1370. The molecule has 0 fully saturated rings. The first-order chi connectivity index (χ1) is 15.1. The molecule has 2 aromatic heterocycles. The van der Waals surface area contributed by atoms with E-state index < -0.39 is 17.3 Å². The Morgan fingerprint density at radius 3 is 2.50 bits per heavy atom. The van der Waals surface area contributed by atoms with Gasteiger partial charge < -0.3 is 0 Å². The summed E-state index contributed by atoms with van der Waals surface area (Å²) in [5, 5.41) is 12.7. The summed E-state index contributed by atoms with van der Waals surface area (Å²) >= 11 is 7.21. The highest BCUT2D eigenvalue weighted by Gasteiger charge is 2.31. The summed E-state index contributed by atoms with van der Waals surface area (Å²) < 4.78 is 40.1. The van der Waals surface area contributed by atoms with Gasteiger partial charge in [-0.2, -0.15) is 17.9 Å². The number of aryl methyl sites for hydroxylation is 2. The minimum atomic E-state index is -4.55. The molecule has 0 unspecified atom stereocenters. The molecule has 0 atom stereocenters. The van der Waals surface area contributed by atoms with Crippen molar-refractivity contribution in [3.05, 3.63) is 80.0 Å². The Hall–Kier alpha value is -3.24. The number of benzene rings is 2. The molecule has 0 aliphatic heterocycles. The largest absolute Gasteiger partial charge is 0.416 e. The lowest BCUT2D eigenvalue weighted by Crippen LogP contribution is -2.13.